The van der Waals surface area contributed by atoms with Crippen LogP contribution in [0.4, 0.5) is 0 Å². The van der Waals surface area contributed by atoms with Gasteiger partial charge in [0.25, 0.3) is 5.91 Å². The lowest BCUT2D eigenvalue weighted by Crippen LogP contribution is -2.48. The summed E-state index contributed by atoms with van der Waals surface area (Å²) in [4.78, 5) is 25.6. The fourth-order valence-corrected chi connectivity index (χ4v) is 3.53. The Labute approximate surface area is 156 Å². The summed E-state index contributed by atoms with van der Waals surface area (Å²) < 4.78 is 5.74. The molecule has 2 rings (SSSR count). The largest absolute Gasteiger partial charge is 0.465 e. The molecule has 1 heterocycles. The number of allylic oxidation sites excluding steroid dienone is 2. The fraction of sp³-hybridized carbons (Fsp3) is 0.545. The zero-order chi connectivity index (χ0) is 19.3. The van der Waals surface area contributed by atoms with E-state index in [1.807, 2.05) is 0 Å². The summed E-state index contributed by atoms with van der Waals surface area (Å²) >= 11 is 0. The second-order valence-corrected chi connectivity index (χ2v) is 7.34. The highest BCUT2D eigenvalue weighted by Gasteiger charge is 2.36. The van der Waals surface area contributed by atoms with Crippen molar-refractivity contribution in [3.8, 4) is 0 Å². The first kappa shape index (κ1) is 20.2. The van der Waals surface area contributed by atoms with Crippen LogP contribution in [0, 0.1) is 12.3 Å². The molecule has 1 N–H and O–H groups in total. The molecule has 1 aliphatic carbocycles. The third kappa shape index (κ3) is 4.17. The van der Waals surface area contributed by atoms with Crippen molar-refractivity contribution in [1.29, 1.82) is 0 Å². The summed E-state index contributed by atoms with van der Waals surface area (Å²) in [6.45, 7) is 10.2. The number of carbonyl (C=O) groups excluding carboxylic acids is 1. The van der Waals surface area contributed by atoms with Crippen molar-refractivity contribution in [1.82, 2.24) is 5.32 Å². The van der Waals surface area contributed by atoms with E-state index in [1.54, 1.807) is 6.92 Å². The van der Waals surface area contributed by atoms with Crippen LogP contribution in [0.15, 0.2) is 39.1 Å². The van der Waals surface area contributed by atoms with Crippen molar-refractivity contribution in [3.63, 3.8) is 0 Å². The molecule has 2 atom stereocenters. The number of hydrogen-bond acceptors (Lipinski definition) is 3. The van der Waals surface area contributed by atoms with Gasteiger partial charge in [-0.25, -0.2) is 0 Å². The Morgan fingerprint density at radius 2 is 2.04 bits per heavy atom. The summed E-state index contributed by atoms with van der Waals surface area (Å²) in [5.74, 6) is 0.718. The molecule has 0 aromatic carbocycles. The monoisotopic (exact) mass is 357 g/mol. The third-order valence-corrected chi connectivity index (χ3v) is 5.39. The van der Waals surface area contributed by atoms with Gasteiger partial charge in [-0.05, 0) is 31.8 Å². The topological polar surface area (TPSA) is 59.3 Å². The van der Waals surface area contributed by atoms with Gasteiger partial charge in [0.1, 0.15) is 17.1 Å². The highest BCUT2D eigenvalue weighted by molar-refractivity contribution is 5.95. The normalized spacial score (nSPS) is 22.2. The second kappa shape index (κ2) is 8.52. The molecule has 0 saturated heterocycles. The molecule has 1 amide bonds. The Morgan fingerprint density at radius 1 is 1.31 bits per heavy atom. The molecule has 26 heavy (non-hydrogen) atoms. The Morgan fingerprint density at radius 3 is 2.65 bits per heavy atom. The predicted octanol–water partition coefficient (Wildman–Crippen LogP) is 4.71. The number of amides is 1. The number of nitrogens with one attached hydrogen (secondary N) is 1. The number of rotatable bonds is 7. The van der Waals surface area contributed by atoms with Gasteiger partial charge in [0.2, 0.25) is 0 Å². The van der Waals surface area contributed by atoms with Crippen molar-refractivity contribution in [3.05, 3.63) is 57.2 Å². The zero-order valence-corrected chi connectivity index (χ0v) is 16.6. The lowest BCUT2D eigenvalue weighted by molar-refractivity contribution is 0.0910. The summed E-state index contributed by atoms with van der Waals surface area (Å²) in [5.41, 5.74) is 0.915. The van der Waals surface area contributed by atoms with Crippen molar-refractivity contribution >= 4 is 5.91 Å². The summed E-state index contributed by atoms with van der Waals surface area (Å²) in [6, 6.07) is 1.29. The molecule has 0 bridgehead atoms. The SMILES string of the molecule is CCCCc1oc(C)cc(=O)c1C(=O)NC1C(CC)=CC=CC1(C)CC. The van der Waals surface area contributed by atoms with Gasteiger partial charge in [0.15, 0.2) is 5.43 Å². The van der Waals surface area contributed by atoms with Gasteiger partial charge in [0.05, 0.1) is 6.04 Å². The number of aryl methyl sites for hydroxylation is 2. The Bertz CT molecular complexity index is 772. The Balaban J connectivity index is 2.38. The standard InChI is InChI=1S/C22H31NO3/c1-6-9-12-18-19(17(24)14-15(4)26-18)21(25)23-20-16(7-2)11-10-13-22(20,5)8-3/h10-11,13-14,20H,6-9,12H2,1-5H3,(H,23,25). The first-order chi connectivity index (χ1) is 12.4. The molecule has 0 saturated carbocycles. The van der Waals surface area contributed by atoms with Crippen molar-refractivity contribution in [2.45, 2.75) is 72.8 Å². The van der Waals surface area contributed by atoms with Gasteiger partial charge in [-0.2, -0.15) is 0 Å². The van der Waals surface area contributed by atoms with Gasteiger partial charge in [-0.1, -0.05) is 52.3 Å². The molecular weight excluding hydrogens is 326 g/mol. The van der Waals surface area contributed by atoms with Gasteiger partial charge < -0.3 is 9.73 Å². The molecule has 4 nitrogen and oxygen atoms in total. The van der Waals surface area contributed by atoms with Crippen LogP contribution in [0.25, 0.3) is 0 Å². The first-order valence-electron chi connectivity index (χ1n) is 9.69. The van der Waals surface area contributed by atoms with E-state index in [0.717, 1.165) is 25.7 Å². The Kier molecular flexibility index (Phi) is 6.63. The van der Waals surface area contributed by atoms with Crippen LogP contribution in [0.3, 0.4) is 0 Å². The van der Waals surface area contributed by atoms with Gasteiger partial charge >= 0.3 is 0 Å². The average molecular weight is 357 g/mol. The maximum atomic E-state index is 13.1. The minimum atomic E-state index is -0.329. The average Bonchev–Trinajstić information content (AvgIpc) is 2.61. The second-order valence-electron chi connectivity index (χ2n) is 7.34. The smallest absolute Gasteiger partial charge is 0.259 e. The van der Waals surface area contributed by atoms with E-state index in [-0.39, 0.29) is 28.4 Å². The molecule has 0 aliphatic heterocycles. The Hall–Kier alpha value is -2.10. The number of unbranched alkanes of at least 4 members (excludes halogenated alkanes) is 1. The molecule has 4 heteroatoms. The minimum absolute atomic E-state index is 0.116. The lowest BCUT2D eigenvalue weighted by atomic mass is 9.73. The molecule has 142 valence electrons. The molecule has 0 spiro atoms. The van der Waals surface area contributed by atoms with Crippen LogP contribution in [0.2, 0.25) is 0 Å². The predicted molar refractivity (Wildman–Crippen MR) is 105 cm³/mol. The van der Waals surface area contributed by atoms with E-state index in [2.05, 4.69) is 51.2 Å². The van der Waals surface area contributed by atoms with Gasteiger partial charge in [-0.3, -0.25) is 9.59 Å². The summed E-state index contributed by atoms with van der Waals surface area (Å²) in [6.07, 6.45) is 10.5. The third-order valence-electron chi connectivity index (χ3n) is 5.39. The van der Waals surface area contributed by atoms with E-state index >= 15 is 0 Å². The summed E-state index contributed by atoms with van der Waals surface area (Å²) in [7, 11) is 0. The van der Waals surface area contributed by atoms with Crippen LogP contribution < -0.4 is 10.7 Å². The highest BCUT2D eigenvalue weighted by Crippen LogP contribution is 2.36. The number of carbonyl (C=O) groups is 1. The molecule has 1 aromatic heterocycles. The van der Waals surface area contributed by atoms with E-state index in [9.17, 15) is 9.59 Å². The molecule has 1 aliphatic rings. The maximum Gasteiger partial charge on any atom is 0.259 e. The van der Waals surface area contributed by atoms with Crippen molar-refractivity contribution < 1.29 is 9.21 Å². The van der Waals surface area contributed by atoms with E-state index < -0.39 is 0 Å². The molecule has 1 aromatic rings. The van der Waals surface area contributed by atoms with Crippen LogP contribution >= 0.6 is 0 Å². The van der Waals surface area contributed by atoms with Crippen LogP contribution in [0.1, 0.15) is 75.3 Å². The minimum Gasteiger partial charge on any atom is -0.465 e. The fourth-order valence-electron chi connectivity index (χ4n) is 3.53. The molecule has 0 radical (unpaired) electrons. The van der Waals surface area contributed by atoms with Crippen LogP contribution in [-0.4, -0.2) is 11.9 Å². The molecule has 0 fully saturated rings. The molecule has 2 unspecified atom stereocenters. The van der Waals surface area contributed by atoms with E-state index in [1.165, 1.54) is 11.6 Å². The van der Waals surface area contributed by atoms with E-state index in [4.69, 9.17) is 4.42 Å². The van der Waals surface area contributed by atoms with E-state index in [0.29, 0.717) is 17.9 Å². The molecular formula is C22H31NO3. The highest BCUT2D eigenvalue weighted by atomic mass is 16.3. The zero-order valence-electron chi connectivity index (χ0n) is 16.6. The lowest BCUT2D eigenvalue weighted by Gasteiger charge is -2.38. The summed E-state index contributed by atoms with van der Waals surface area (Å²) in [5, 5.41) is 3.14. The van der Waals surface area contributed by atoms with Crippen molar-refractivity contribution in [2.24, 2.45) is 5.41 Å². The van der Waals surface area contributed by atoms with Crippen LogP contribution in [-0.2, 0) is 6.42 Å². The van der Waals surface area contributed by atoms with Gasteiger partial charge in [0, 0.05) is 17.9 Å². The quantitative estimate of drug-likeness (QED) is 0.768. The van der Waals surface area contributed by atoms with Crippen molar-refractivity contribution in [2.75, 3.05) is 0 Å². The maximum absolute atomic E-state index is 13.1. The first-order valence-corrected chi connectivity index (χ1v) is 9.69. The number of hydrogen-bond donors (Lipinski definition) is 1. The van der Waals surface area contributed by atoms with Gasteiger partial charge in [-0.15, -0.1) is 0 Å². The van der Waals surface area contributed by atoms with Crippen LogP contribution in [0.5, 0.6) is 0 Å².